The molecule has 17 heavy (non-hydrogen) atoms. The number of rotatable bonds is 4. The Morgan fingerprint density at radius 3 is 2.47 bits per heavy atom. The lowest BCUT2D eigenvalue weighted by Gasteiger charge is -2.34. The Morgan fingerprint density at radius 2 is 2.00 bits per heavy atom. The molecule has 2 atom stereocenters. The first-order valence-electron chi connectivity index (χ1n) is 5.58. The molecule has 0 aromatic heterocycles. The largest absolute Gasteiger partial charge is 0.480 e. The number of carbonyl (C=O) groups excluding carboxylic acids is 1. The molecule has 0 aromatic carbocycles. The monoisotopic (exact) mass is 244 g/mol. The first kappa shape index (κ1) is 13.9. The van der Waals surface area contributed by atoms with Crippen molar-refractivity contribution in [2.75, 3.05) is 27.3 Å². The minimum absolute atomic E-state index is 0.0467. The maximum atomic E-state index is 12.2. The molecule has 6 heteroatoms. The molecule has 0 spiro atoms. The third-order valence-electron chi connectivity index (χ3n) is 3.46. The van der Waals surface area contributed by atoms with Crippen LogP contribution in [0.1, 0.15) is 13.8 Å². The van der Waals surface area contributed by atoms with Crippen LogP contribution >= 0.6 is 0 Å². The summed E-state index contributed by atoms with van der Waals surface area (Å²) in [6, 6.07) is -0.0467. The van der Waals surface area contributed by atoms with E-state index in [2.05, 4.69) is 5.32 Å². The molecule has 1 aliphatic heterocycles. The number of ether oxygens (including phenoxy) is 1. The summed E-state index contributed by atoms with van der Waals surface area (Å²) in [6.45, 7) is 3.84. The number of aliphatic carboxylic acids is 1. The highest BCUT2D eigenvalue weighted by molar-refractivity contribution is 5.87. The predicted molar refractivity (Wildman–Crippen MR) is 61.6 cm³/mol. The predicted octanol–water partition coefficient (Wildman–Crippen LogP) is -0.458. The number of hydrogen-bond donors (Lipinski definition) is 2. The summed E-state index contributed by atoms with van der Waals surface area (Å²) >= 11 is 0. The van der Waals surface area contributed by atoms with Crippen molar-refractivity contribution in [3.05, 3.63) is 0 Å². The number of carbonyl (C=O) groups is 2. The molecule has 0 radical (unpaired) electrons. The standard InChI is InChI=1S/C11H20N2O4/c1-11(2,10(15)16)13(4)9(14)7-5-17-6-8(7)12-3/h7-8,12H,5-6H2,1-4H3,(H,15,16). The SMILES string of the molecule is CNC1COCC1C(=O)N(C)C(C)(C)C(=O)O. The number of carboxylic acids is 1. The van der Waals surface area contributed by atoms with Crippen LogP contribution in [0, 0.1) is 5.92 Å². The second-order valence-electron chi connectivity index (χ2n) is 4.80. The first-order valence-corrected chi connectivity index (χ1v) is 5.58. The number of hydrogen-bond acceptors (Lipinski definition) is 4. The van der Waals surface area contributed by atoms with E-state index in [1.54, 1.807) is 7.05 Å². The van der Waals surface area contributed by atoms with Crippen molar-refractivity contribution in [1.82, 2.24) is 10.2 Å². The highest BCUT2D eigenvalue weighted by Crippen LogP contribution is 2.21. The Balaban J connectivity index is 2.79. The second kappa shape index (κ2) is 5.01. The molecular formula is C11H20N2O4. The molecule has 2 N–H and O–H groups in total. The molecule has 1 aliphatic rings. The van der Waals surface area contributed by atoms with Gasteiger partial charge in [-0.2, -0.15) is 0 Å². The van der Waals surface area contributed by atoms with Gasteiger partial charge in [-0.15, -0.1) is 0 Å². The third kappa shape index (κ3) is 2.58. The van der Waals surface area contributed by atoms with Crippen LogP contribution in [0.5, 0.6) is 0 Å². The maximum Gasteiger partial charge on any atom is 0.329 e. The normalized spacial score (nSPS) is 24.7. The minimum Gasteiger partial charge on any atom is -0.480 e. The summed E-state index contributed by atoms with van der Waals surface area (Å²) in [5.41, 5.74) is -1.21. The Hall–Kier alpha value is -1.14. The molecule has 0 bridgehead atoms. The van der Waals surface area contributed by atoms with Crippen LogP contribution < -0.4 is 5.32 Å². The van der Waals surface area contributed by atoms with E-state index >= 15 is 0 Å². The van der Waals surface area contributed by atoms with Gasteiger partial charge in [-0.25, -0.2) is 4.79 Å². The molecule has 2 unspecified atom stereocenters. The number of likely N-dealkylation sites (N-methyl/N-ethyl adjacent to an activating group) is 2. The second-order valence-corrected chi connectivity index (χ2v) is 4.80. The lowest BCUT2D eigenvalue weighted by atomic mass is 9.97. The van der Waals surface area contributed by atoms with Crippen LogP contribution in [-0.4, -0.2) is 60.8 Å². The highest BCUT2D eigenvalue weighted by atomic mass is 16.5. The first-order chi connectivity index (χ1) is 7.82. The van der Waals surface area contributed by atoms with Crippen molar-refractivity contribution in [3.63, 3.8) is 0 Å². The van der Waals surface area contributed by atoms with Crippen LogP contribution in [0.4, 0.5) is 0 Å². The average Bonchev–Trinajstić information content (AvgIpc) is 2.74. The lowest BCUT2D eigenvalue weighted by Crippen LogP contribution is -2.55. The van der Waals surface area contributed by atoms with Crippen LogP contribution in [0.15, 0.2) is 0 Å². The van der Waals surface area contributed by atoms with Crippen molar-refractivity contribution >= 4 is 11.9 Å². The molecule has 1 heterocycles. The van der Waals surface area contributed by atoms with Gasteiger partial charge >= 0.3 is 5.97 Å². The molecule has 0 saturated carbocycles. The summed E-state index contributed by atoms with van der Waals surface area (Å²) in [7, 11) is 3.28. The zero-order valence-electron chi connectivity index (χ0n) is 10.7. The van der Waals surface area contributed by atoms with E-state index in [4.69, 9.17) is 9.84 Å². The molecule has 1 amide bonds. The van der Waals surface area contributed by atoms with Gasteiger partial charge in [0.25, 0.3) is 0 Å². The Morgan fingerprint density at radius 1 is 1.41 bits per heavy atom. The van der Waals surface area contributed by atoms with Crippen molar-refractivity contribution in [3.8, 4) is 0 Å². The molecule has 0 aliphatic carbocycles. The maximum absolute atomic E-state index is 12.2. The van der Waals surface area contributed by atoms with Crippen molar-refractivity contribution in [1.29, 1.82) is 0 Å². The molecular weight excluding hydrogens is 224 g/mol. The Labute approximate surface area is 101 Å². The summed E-state index contributed by atoms with van der Waals surface area (Å²) in [4.78, 5) is 24.6. The molecule has 98 valence electrons. The van der Waals surface area contributed by atoms with E-state index in [0.29, 0.717) is 13.2 Å². The van der Waals surface area contributed by atoms with Crippen LogP contribution in [0.3, 0.4) is 0 Å². The fourth-order valence-electron chi connectivity index (χ4n) is 1.75. The van der Waals surface area contributed by atoms with Gasteiger partial charge in [0.05, 0.1) is 19.1 Å². The van der Waals surface area contributed by atoms with E-state index in [0.717, 1.165) is 0 Å². The Kier molecular flexibility index (Phi) is 4.11. The van der Waals surface area contributed by atoms with Gasteiger partial charge in [0.15, 0.2) is 0 Å². The fourth-order valence-corrected chi connectivity index (χ4v) is 1.75. The number of carboxylic acid groups (broad SMARTS) is 1. The summed E-state index contributed by atoms with van der Waals surface area (Å²) < 4.78 is 5.25. The van der Waals surface area contributed by atoms with Crippen molar-refractivity contribution in [2.24, 2.45) is 5.92 Å². The molecule has 1 saturated heterocycles. The number of nitrogens with one attached hydrogen (secondary N) is 1. The average molecular weight is 244 g/mol. The van der Waals surface area contributed by atoms with Gasteiger partial charge in [0, 0.05) is 13.1 Å². The van der Waals surface area contributed by atoms with E-state index in [9.17, 15) is 9.59 Å². The quantitative estimate of drug-likeness (QED) is 0.700. The van der Waals surface area contributed by atoms with Crippen molar-refractivity contribution < 1.29 is 19.4 Å². The van der Waals surface area contributed by atoms with Gasteiger partial charge < -0.3 is 20.1 Å². The topological polar surface area (TPSA) is 78.9 Å². The fraction of sp³-hybridized carbons (Fsp3) is 0.818. The molecule has 0 aromatic rings. The smallest absolute Gasteiger partial charge is 0.329 e. The summed E-state index contributed by atoms with van der Waals surface area (Å²) in [5, 5.41) is 12.1. The van der Waals surface area contributed by atoms with E-state index in [1.807, 2.05) is 0 Å². The molecule has 1 fully saturated rings. The van der Waals surface area contributed by atoms with E-state index < -0.39 is 11.5 Å². The summed E-state index contributed by atoms with van der Waals surface area (Å²) in [6.07, 6.45) is 0. The van der Waals surface area contributed by atoms with Gasteiger partial charge in [-0.1, -0.05) is 0 Å². The van der Waals surface area contributed by atoms with Crippen molar-refractivity contribution in [2.45, 2.75) is 25.4 Å². The minimum atomic E-state index is -1.21. The van der Waals surface area contributed by atoms with E-state index in [1.165, 1.54) is 25.8 Å². The van der Waals surface area contributed by atoms with Gasteiger partial charge in [0.1, 0.15) is 5.54 Å². The van der Waals surface area contributed by atoms with Crippen LogP contribution in [0.2, 0.25) is 0 Å². The van der Waals surface area contributed by atoms with Crippen LogP contribution in [-0.2, 0) is 14.3 Å². The molecule has 6 nitrogen and oxygen atoms in total. The lowest BCUT2D eigenvalue weighted by molar-refractivity contribution is -0.157. The number of nitrogens with zero attached hydrogens (tertiary/aromatic N) is 1. The zero-order valence-corrected chi connectivity index (χ0v) is 10.7. The highest BCUT2D eigenvalue weighted by Gasteiger charge is 2.41. The van der Waals surface area contributed by atoms with Gasteiger partial charge in [-0.05, 0) is 20.9 Å². The van der Waals surface area contributed by atoms with Gasteiger partial charge in [-0.3, -0.25) is 4.79 Å². The van der Waals surface area contributed by atoms with Crippen LogP contribution in [0.25, 0.3) is 0 Å². The Bertz CT molecular complexity index is 317. The third-order valence-corrected chi connectivity index (χ3v) is 3.46. The zero-order chi connectivity index (χ0) is 13.2. The van der Waals surface area contributed by atoms with Gasteiger partial charge in [0.2, 0.25) is 5.91 Å². The molecule has 1 rings (SSSR count). The number of amides is 1. The summed E-state index contributed by atoms with van der Waals surface area (Å²) in [5.74, 6) is -1.54. The van der Waals surface area contributed by atoms with E-state index in [-0.39, 0.29) is 17.9 Å².